The Kier molecular flexibility index (Phi) is 3.35. The van der Waals surface area contributed by atoms with Crippen molar-refractivity contribution < 1.29 is 9.84 Å². The van der Waals surface area contributed by atoms with Crippen LogP contribution in [0.3, 0.4) is 0 Å². The molecule has 6 heteroatoms. The van der Waals surface area contributed by atoms with Crippen LogP contribution in [-0.2, 0) is 5.60 Å². The summed E-state index contributed by atoms with van der Waals surface area (Å²) >= 11 is 1.55. The molecule has 1 aromatic carbocycles. The number of fused-ring (bicyclic) bond motifs is 1. The predicted octanol–water partition coefficient (Wildman–Crippen LogP) is 2.99. The minimum absolute atomic E-state index is 0.396. The van der Waals surface area contributed by atoms with E-state index in [4.69, 9.17) is 4.74 Å². The van der Waals surface area contributed by atoms with E-state index in [-0.39, 0.29) is 0 Å². The van der Waals surface area contributed by atoms with Crippen molar-refractivity contribution in [3.8, 4) is 16.9 Å². The van der Waals surface area contributed by atoms with Crippen molar-refractivity contribution in [1.29, 1.82) is 0 Å². The van der Waals surface area contributed by atoms with E-state index in [1.54, 1.807) is 50.2 Å². The number of rotatable bonds is 3. The SMILES string of the molecule is COc1cc(-c2cnc(C(C)(C)O)nc2)cc2ncsc12. The van der Waals surface area contributed by atoms with Crippen molar-refractivity contribution in [1.82, 2.24) is 15.0 Å². The average molecular weight is 301 g/mol. The summed E-state index contributed by atoms with van der Waals surface area (Å²) in [5.41, 5.74) is 3.43. The maximum atomic E-state index is 9.89. The van der Waals surface area contributed by atoms with Gasteiger partial charge in [-0.05, 0) is 31.5 Å². The maximum Gasteiger partial charge on any atom is 0.159 e. The van der Waals surface area contributed by atoms with Gasteiger partial charge in [-0.2, -0.15) is 0 Å². The molecule has 108 valence electrons. The van der Waals surface area contributed by atoms with Crippen LogP contribution in [0, 0.1) is 0 Å². The second kappa shape index (κ2) is 5.05. The Hall–Kier alpha value is -2.05. The molecule has 3 aromatic rings. The fraction of sp³-hybridized carbons (Fsp3) is 0.267. The molecule has 21 heavy (non-hydrogen) atoms. The molecule has 0 unspecified atom stereocenters. The number of benzene rings is 1. The first-order chi connectivity index (χ1) is 9.99. The quantitative estimate of drug-likeness (QED) is 0.805. The summed E-state index contributed by atoms with van der Waals surface area (Å²) in [5, 5.41) is 9.89. The molecule has 0 aliphatic rings. The van der Waals surface area contributed by atoms with Crippen molar-refractivity contribution in [2.75, 3.05) is 7.11 Å². The van der Waals surface area contributed by atoms with Gasteiger partial charge in [-0.15, -0.1) is 11.3 Å². The zero-order valence-corrected chi connectivity index (χ0v) is 12.8. The van der Waals surface area contributed by atoms with Gasteiger partial charge in [-0.25, -0.2) is 15.0 Å². The van der Waals surface area contributed by atoms with Crippen LogP contribution < -0.4 is 4.74 Å². The number of thiazole rings is 1. The van der Waals surface area contributed by atoms with Gasteiger partial charge < -0.3 is 9.84 Å². The molecular weight excluding hydrogens is 286 g/mol. The van der Waals surface area contributed by atoms with E-state index in [2.05, 4.69) is 15.0 Å². The molecule has 0 atom stereocenters. The third kappa shape index (κ3) is 2.59. The lowest BCUT2D eigenvalue weighted by atomic mass is 10.1. The molecule has 3 rings (SSSR count). The molecule has 0 aliphatic heterocycles. The van der Waals surface area contributed by atoms with Gasteiger partial charge in [0.1, 0.15) is 11.4 Å². The summed E-state index contributed by atoms with van der Waals surface area (Å²) in [6, 6.07) is 3.93. The third-order valence-corrected chi connectivity index (χ3v) is 4.01. The summed E-state index contributed by atoms with van der Waals surface area (Å²) in [6.45, 7) is 3.32. The first kappa shape index (κ1) is 13.9. The molecular formula is C15H15N3O2S. The summed E-state index contributed by atoms with van der Waals surface area (Å²) in [6.07, 6.45) is 3.40. The van der Waals surface area contributed by atoms with Gasteiger partial charge in [-0.1, -0.05) is 0 Å². The molecule has 0 amide bonds. The standard InChI is InChI=1S/C15H15N3O2S/c1-15(2,19)14-16-6-10(7-17-14)9-4-11-13(21-8-18-11)12(5-9)20-3/h4-8,19H,1-3H3. The highest BCUT2D eigenvalue weighted by Crippen LogP contribution is 2.34. The van der Waals surface area contributed by atoms with Gasteiger partial charge >= 0.3 is 0 Å². The summed E-state index contributed by atoms with van der Waals surface area (Å²) in [7, 11) is 1.64. The second-order valence-corrected chi connectivity index (χ2v) is 6.09. The number of methoxy groups -OCH3 is 1. The fourth-order valence-corrected chi connectivity index (χ4v) is 2.81. The Bertz CT molecular complexity index is 776. The molecule has 0 radical (unpaired) electrons. The summed E-state index contributed by atoms with van der Waals surface area (Å²) < 4.78 is 6.44. The molecule has 0 spiro atoms. The number of nitrogens with zero attached hydrogens (tertiary/aromatic N) is 3. The maximum absolute atomic E-state index is 9.89. The minimum Gasteiger partial charge on any atom is -0.495 e. The monoisotopic (exact) mass is 301 g/mol. The zero-order valence-electron chi connectivity index (χ0n) is 12.0. The smallest absolute Gasteiger partial charge is 0.159 e. The van der Waals surface area contributed by atoms with Crippen molar-refractivity contribution in [2.45, 2.75) is 19.4 Å². The number of aliphatic hydroxyl groups is 1. The van der Waals surface area contributed by atoms with Crippen LogP contribution in [0.25, 0.3) is 21.3 Å². The molecule has 0 saturated carbocycles. The lowest BCUT2D eigenvalue weighted by Crippen LogP contribution is -2.19. The predicted molar refractivity (Wildman–Crippen MR) is 82.4 cm³/mol. The molecule has 0 saturated heterocycles. The van der Waals surface area contributed by atoms with Crippen LogP contribution in [-0.4, -0.2) is 27.2 Å². The van der Waals surface area contributed by atoms with Crippen LogP contribution >= 0.6 is 11.3 Å². The van der Waals surface area contributed by atoms with E-state index in [1.165, 1.54) is 0 Å². The molecule has 0 bridgehead atoms. The molecule has 0 fully saturated rings. The Balaban J connectivity index is 2.07. The van der Waals surface area contributed by atoms with E-state index < -0.39 is 5.60 Å². The van der Waals surface area contributed by atoms with Gasteiger partial charge in [0.05, 0.1) is 22.8 Å². The first-order valence-corrected chi connectivity index (χ1v) is 7.33. The number of hydrogen-bond acceptors (Lipinski definition) is 6. The van der Waals surface area contributed by atoms with E-state index in [0.29, 0.717) is 5.82 Å². The highest BCUT2D eigenvalue weighted by Gasteiger charge is 2.19. The number of hydrogen-bond donors (Lipinski definition) is 1. The molecule has 1 N–H and O–H groups in total. The van der Waals surface area contributed by atoms with Crippen LogP contribution in [0.5, 0.6) is 5.75 Å². The van der Waals surface area contributed by atoms with Crippen molar-refractivity contribution >= 4 is 21.6 Å². The van der Waals surface area contributed by atoms with Crippen LogP contribution in [0.1, 0.15) is 19.7 Å². The second-order valence-electron chi connectivity index (χ2n) is 5.23. The van der Waals surface area contributed by atoms with Gasteiger partial charge in [0.2, 0.25) is 0 Å². The van der Waals surface area contributed by atoms with Crippen LogP contribution in [0.4, 0.5) is 0 Å². The lowest BCUT2D eigenvalue weighted by molar-refractivity contribution is 0.0687. The Labute approximate surface area is 126 Å². The molecule has 5 nitrogen and oxygen atoms in total. The Morgan fingerprint density at radius 2 is 1.81 bits per heavy atom. The summed E-state index contributed by atoms with van der Waals surface area (Å²) in [4.78, 5) is 12.8. The van der Waals surface area contributed by atoms with E-state index in [9.17, 15) is 5.11 Å². The van der Waals surface area contributed by atoms with E-state index in [0.717, 1.165) is 27.1 Å². The van der Waals surface area contributed by atoms with Gasteiger partial charge in [0.25, 0.3) is 0 Å². The third-order valence-electron chi connectivity index (χ3n) is 3.15. The largest absolute Gasteiger partial charge is 0.495 e. The van der Waals surface area contributed by atoms with Gasteiger partial charge in [0, 0.05) is 18.0 Å². The number of ether oxygens (including phenoxy) is 1. The van der Waals surface area contributed by atoms with Crippen LogP contribution in [0.15, 0.2) is 30.0 Å². The highest BCUT2D eigenvalue weighted by molar-refractivity contribution is 7.17. The molecule has 2 heterocycles. The van der Waals surface area contributed by atoms with Gasteiger partial charge in [-0.3, -0.25) is 0 Å². The number of aromatic nitrogens is 3. The highest BCUT2D eigenvalue weighted by atomic mass is 32.1. The van der Waals surface area contributed by atoms with Crippen LogP contribution in [0.2, 0.25) is 0 Å². The Morgan fingerprint density at radius 3 is 2.43 bits per heavy atom. The van der Waals surface area contributed by atoms with Crippen molar-refractivity contribution in [2.24, 2.45) is 0 Å². The topological polar surface area (TPSA) is 68.1 Å². The first-order valence-electron chi connectivity index (χ1n) is 6.45. The zero-order chi connectivity index (χ0) is 15.0. The normalized spacial score (nSPS) is 11.8. The van der Waals surface area contributed by atoms with Gasteiger partial charge in [0.15, 0.2) is 5.82 Å². The van der Waals surface area contributed by atoms with E-state index >= 15 is 0 Å². The molecule has 2 aromatic heterocycles. The fourth-order valence-electron chi connectivity index (χ4n) is 2.05. The minimum atomic E-state index is -1.05. The lowest BCUT2D eigenvalue weighted by Gasteiger charge is -2.15. The van der Waals surface area contributed by atoms with Crippen molar-refractivity contribution in [3.63, 3.8) is 0 Å². The Morgan fingerprint density at radius 1 is 1.10 bits per heavy atom. The molecule has 0 aliphatic carbocycles. The average Bonchev–Trinajstić information content (AvgIpc) is 2.93. The summed E-state index contributed by atoms with van der Waals surface area (Å²) in [5.74, 6) is 1.18. The van der Waals surface area contributed by atoms with Crippen molar-refractivity contribution in [3.05, 3.63) is 35.9 Å². The van der Waals surface area contributed by atoms with E-state index in [1.807, 2.05) is 12.1 Å².